The topological polar surface area (TPSA) is 26.3 Å². The number of furan rings is 2. The largest absolute Gasteiger partial charge is 0.455 e. The van der Waals surface area contributed by atoms with Crippen LogP contribution in [0.4, 0.5) is 17.6 Å². The second-order valence-electron chi connectivity index (χ2n) is 15.8. The molecule has 0 amide bonds. The van der Waals surface area contributed by atoms with Gasteiger partial charge in [0.15, 0.2) is 0 Å². The summed E-state index contributed by atoms with van der Waals surface area (Å²) in [5, 5.41) is 3.66. The number of para-hydroxylation sites is 2. The van der Waals surface area contributed by atoms with Gasteiger partial charge in [-0.15, -0.1) is 0 Å². The van der Waals surface area contributed by atoms with Crippen LogP contribution >= 0.6 is 0 Å². The Morgan fingerprint density at radius 2 is 0.759 bits per heavy atom. The summed E-state index contributed by atoms with van der Waals surface area (Å²) in [4.78, 5) is 0. The highest BCUT2D eigenvalue weighted by atomic mass is 19.1. The highest BCUT2D eigenvalue weighted by Crippen LogP contribution is 2.61. The highest BCUT2D eigenvalue weighted by Gasteiger charge is 2.44. The first-order valence-electron chi connectivity index (χ1n) is 18.0. The van der Waals surface area contributed by atoms with E-state index in [9.17, 15) is 17.6 Å². The molecule has 9 aromatic rings. The average molecular weight is 715 g/mol. The molecule has 2 nitrogen and oxygen atoms in total. The molecule has 0 saturated carbocycles. The molecule has 54 heavy (non-hydrogen) atoms. The van der Waals surface area contributed by atoms with Gasteiger partial charge in [0.25, 0.3) is 0 Å². The lowest BCUT2D eigenvalue weighted by Crippen LogP contribution is -2.17. The minimum Gasteiger partial charge on any atom is -0.455 e. The van der Waals surface area contributed by atoms with Crippen molar-refractivity contribution >= 4 is 43.9 Å². The fourth-order valence-corrected chi connectivity index (χ4v) is 9.53. The summed E-state index contributed by atoms with van der Waals surface area (Å²) in [5.41, 5.74) is 12.1. The quantitative estimate of drug-likeness (QED) is 0.167. The number of hydrogen-bond acceptors (Lipinski definition) is 2. The van der Waals surface area contributed by atoms with Crippen LogP contribution in [0.3, 0.4) is 0 Å². The van der Waals surface area contributed by atoms with E-state index < -0.39 is 34.1 Å². The summed E-state index contributed by atoms with van der Waals surface area (Å²) in [6.45, 7) is 8.78. The van der Waals surface area contributed by atoms with Crippen LogP contribution in [-0.4, -0.2) is 0 Å². The maximum Gasteiger partial charge on any atom is 0.143 e. The van der Waals surface area contributed by atoms with Gasteiger partial charge in [0, 0.05) is 55.6 Å². The van der Waals surface area contributed by atoms with Crippen molar-refractivity contribution in [1.82, 2.24) is 0 Å². The molecule has 0 unspecified atom stereocenters. The molecule has 2 heterocycles. The number of fused-ring (bicyclic) bond motifs is 14. The lowest BCUT2D eigenvalue weighted by molar-refractivity contribution is 0.583. The zero-order chi connectivity index (χ0) is 37.0. The van der Waals surface area contributed by atoms with Crippen LogP contribution in [0, 0.1) is 23.3 Å². The molecule has 6 heteroatoms. The molecule has 0 spiro atoms. The number of hydrogen-bond donors (Lipinski definition) is 0. The van der Waals surface area contributed by atoms with Gasteiger partial charge in [-0.25, -0.2) is 17.6 Å². The predicted molar refractivity (Wildman–Crippen MR) is 207 cm³/mol. The van der Waals surface area contributed by atoms with Crippen molar-refractivity contribution in [3.8, 4) is 44.5 Å². The molecule has 0 saturated heterocycles. The SMILES string of the molecule is CC1(C)c2cc3c(cc2-c2c1cc(-c1cc(F)cc(F)c1)c1oc4ccccc4c21)C(C)(C)c1cc(-c2cc(F)cc(F)c2)c2oc4ccccc4c2c1-3. The lowest BCUT2D eigenvalue weighted by Gasteiger charge is -2.24. The van der Waals surface area contributed by atoms with Gasteiger partial charge >= 0.3 is 0 Å². The first-order chi connectivity index (χ1) is 25.9. The fourth-order valence-electron chi connectivity index (χ4n) is 9.53. The van der Waals surface area contributed by atoms with Crippen LogP contribution in [0.1, 0.15) is 49.9 Å². The Kier molecular flexibility index (Phi) is 5.98. The highest BCUT2D eigenvalue weighted by molar-refractivity contribution is 6.21. The molecule has 2 aliphatic carbocycles. The first kappa shape index (κ1) is 31.4. The molecule has 11 rings (SSSR count). The van der Waals surface area contributed by atoms with Crippen molar-refractivity contribution in [2.24, 2.45) is 0 Å². The smallest absolute Gasteiger partial charge is 0.143 e. The summed E-state index contributed by atoms with van der Waals surface area (Å²) >= 11 is 0. The Morgan fingerprint density at radius 3 is 1.15 bits per heavy atom. The maximum absolute atomic E-state index is 14.7. The van der Waals surface area contributed by atoms with Crippen molar-refractivity contribution in [3.63, 3.8) is 0 Å². The average Bonchev–Trinajstić information content (AvgIpc) is 3.82. The van der Waals surface area contributed by atoms with Gasteiger partial charge in [-0.1, -0.05) is 64.1 Å². The number of rotatable bonds is 2. The van der Waals surface area contributed by atoms with Gasteiger partial charge in [0.05, 0.1) is 0 Å². The Balaban J connectivity index is 1.24. The van der Waals surface area contributed by atoms with Crippen LogP contribution in [0.5, 0.6) is 0 Å². The van der Waals surface area contributed by atoms with Gasteiger partial charge in [-0.05, 0) is 116 Å². The number of benzene rings is 7. The zero-order valence-electron chi connectivity index (χ0n) is 29.7. The maximum atomic E-state index is 14.7. The normalized spacial score (nSPS) is 15.0. The molecule has 0 atom stereocenters. The van der Waals surface area contributed by atoms with Gasteiger partial charge in [0.1, 0.15) is 45.6 Å². The molecule has 7 aromatic carbocycles. The van der Waals surface area contributed by atoms with Crippen molar-refractivity contribution in [1.29, 1.82) is 0 Å². The van der Waals surface area contributed by atoms with Crippen molar-refractivity contribution in [3.05, 3.63) is 155 Å². The van der Waals surface area contributed by atoms with Gasteiger partial charge in [-0.2, -0.15) is 0 Å². The summed E-state index contributed by atoms with van der Waals surface area (Å²) in [5.74, 6) is -2.62. The van der Waals surface area contributed by atoms with E-state index in [0.29, 0.717) is 44.6 Å². The van der Waals surface area contributed by atoms with E-state index in [2.05, 4.69) is 39.8 Å². The second kappa shape index (κ2) is 10.3. The van der Waals surface area contributed by atoms with E-state index >= 15 is 0 Å². The summed E-state index contributed by atoms with van der Waals surface area (Å²) in [6.07, 6.45) is 0. The first-order valence-corrected chi connectivity index (χ1v) is 18.0. The molecule has 2 aliphatic rings. The summed E-state index contributed by atoms with van der Waals surface area (Å²) in [6, 6.07) is 31.6. The van der Waals surface area contributed by atoms with E-state index in [1.807, 2.05) is 60.7 Å². The molecule has 262 valence electrons. The van der Waals surface area contributed by atoms with Crippen molar-refractivity contribution in [2.45, 2.75) is 38.5 Å². The van der Waals surface area contributed by atoms with Crippen LogP contribution in [0.15, 0.2) is 118 Å². The minimum absolute atomic E-state index is 0.409. The standard InChI is InChI=1S/C48H30F4O2/c1-47(2)35-21-34-36(22-33(35)41-37(47)19-31(23-13-25(49)17-26(50)14-23)45-43(41)29-9-5-7-11-39(29)53-45)48(3,4)38-20-32(24-15-27(51)18-28(52)16-24)46-44(42(34)38)30-10-6-8-12-40(30)54-46/h5-22H,1-4H3. The Morgan fingerprint density at radius 1 is 0.407 bits per heavy atom. The third-order valence-electron chi connectivity index (χ3n) is 12.0. The fraction of sp³-hybridized carbons (Fsp3) is 0.125. The van der Waals surface area contributed by atoms with Crippen LogP contribution < -0.4 is 0 Å². The summed E-state index contributed by atoms with van der Waals surface area (Å²) in [7, 11) is 0. The van der Waals surface area contributed by atoms with Gasteiger partial charge in [-0.3, -0.25) is 0 Å². The van der Waals surface area contributed by atoms with E-state index in [0.717, 1.165) is 78.2 Å². The van der Waals surface area contributed by atoms with Crippen LogP contribution in [0.25, 0.3) is 88.4 Å². The van der Waals surface area contributed by atoms with Crippen molar-refractivity contribution in [2.75, 3.05) is 0 Å². The predicted octanol–water partition coefficient (Wildman–Crippen LogP) is 14.0. The number of halogens is 4. The van der Waals surface area contributed by atoms with Gasteiger partial charge < -0.3 is 8.83 Å². The molecule has 0 radical (unpaired) electrons. The van der Waals surface area contributed by atoms with E-state index in [1.165, 1.54) is 24.3 Å². The van der Waals surface area contributed by atoms with Crippen molar-refractivity contribution < 1.29 is 26.4 Å². The lowest BCUT2D eigenvalue weighted by atomic mass is 9.79. The minimum atomic E-state index is -0.654. The molecule has 2 aromatic heterocycles. The van der Waals surface area contributed by atoms with Gasteiger partial charge in [0.2, 0.25) is 0 Å². The zero-order valence-corrected chi connectivity index (χ0v) is 29.7. The molecule has 0 fully saturated rings. The molecular formula is C48H30F4O2. The van der Waals surface area contributed by atoms with E-state index in [-0.39, 0.29) is 0 Å². The molecule has 0 N–H and O–H groups in total. The summed E-state index contributed by atoms with van der Waals surface area (Å²) < 4.78 is 72.0. The molecular weight excluding hydrogens is 685 g/mol. The van der Waals surface area contributed by atoms with E-state index in [1.54, 1.807) is 0 Å². The molecule has 0 aliphatic heterocycles. The second-order valence-corrected chi connectivity index (χ2v) is 15.8. The third kappa shape index (κ3) is 4.00. The monoisotopic (exact) mass is 714 g/mol. The third-order valence-corrected chi connectivity index (χ3v) is 12.0. The Labute approximate surface area is 307 Å². The Hall–Kier alpha value is -6.14. The Bertz CT molecular complexity index is 2910. The molecule has 0 bridgehead atoms. The van der Waals surface area contributed by atoms with E-state index in [4.69, 9.17) is 8.83 Å². The van der Waals surface area contributed by atoms with Crippen LogP contribution in [0.2, 0.25) is 0 Å². The van der Waals surface area contributed by atoms with Crippen LogP contribution in [-0.2, 0) is 10.8 Å².